The summed E-state index contributed by atoms with van der Waals surface area (Å²) in [6.45, 7) is 2.05. The zero-order valence-electron chi connectivity index (χ0n) is 9.70. The predicted molar refractivity (Wildman–Crippen MR) is 61.9 cm³/mol. The molecule has 0 fully saturated rings. The van der Waals surface area contributed by atoms with E-state index in [1.54, 1.807) is 23.8 Å². The number of aromatic nitrogens is 2. The number of nitrogens with zero attached hydrogens (tertiary/aromatic N) is 2. The van der Waals surface area contributed by atoms with Crippen LogP contribution in [0.3, 0.4) is 0 Å². The molecule has 96 valence electrons. The van der Waals surface area contributed by atoms with E-state index in [4.69, 9.17) is 5.73 Å². The van der Waals surface area contributed by atoms with Gasteiger partial charge in [0.2, 0.25) is 5.95 Å². The van der Waals surface area contributed by atoms with E-state index in [0.717, 1.165) is 17.8 Å². The van der Waals surface area contributed by atoms with Gasteiger partial charge in [-0.1, -0.05) is 12.1 Å². The molecule has 2 aromatic rings. The van der Waals surface area contributed by atoms with Crippen molar-refractivity contribution in [2.45, 2.75) is 19.6 Å². The molecular formula is C12H12F3N3. The van der Waals surface area contributed by atoms with Crippen molar-refractivity contribution < 1.29 is 13.2 Å². The molecule has 0 radical (unpaired) electrons. The van der Waals surface area contributed by atoms with E-state index in [9.17, 15) is 13.2 Å². The highest BCUT2D eigenvalue weighted by atomic mass is 19.4. The quantitative estimate of drug-likeness (QED) is 0.896. The van der Waals surface area contributed by atoms with Crippen molar-refractivity contribution >= 4 is 5.95 Å². The molecule has 0 saturated heterocycles. The molecule has 0 aliphatic rings. The number of imidazole rings is 1. The highest BCUT2D eigenvalue weighted by Crippen LogP contribution is 2.29. The maximum absolute atomic E-state index is 12.5. The van der Waals surface area contributed by atoms with Crippen LogP contribution in [-0.2, 0) is 12.7 Å². The Morgan fingerprint density at radius 2 is 2.06 bits per heavy atom. The van der Waals surface area contributed by atoms with Crippen molar-refractivity contribution in [3.63, 3.8) is 0 Å². The number of halogens is 3. The number of alkyl halides is 3. The number of benzene rings is 1. The van der Waals surface area contributed by atoms with Crippen molar-refractivity contribution in [3.05, 3.63) is 47.3 Å². The largest absolute Gasteiger partial charge is 0.416 e. The summed E-state index contributed by atoms with van der Waals surface area (Å²) < 4.78 is 39.3. The summed E-state index contributed by atoms with van der Waals surface area (Å²) in [6, 6.07) is 5.18. The summed E-state index contributed by atoms with van der Waals surface area (Å²) >= 11 is 0. The SMILES string of the molecule is Cc1cn(Cc2cccc(C(F)(F)F)c2)c(N)n1. The number of nitrogen functional groups attached to an aromatic ring is 1. The molecule has 0 saturated carbocycles. The molecular weight excluding hydrogens is 243 g/mol. The number of nitrogens with two attached hydrogens (primary N) is 1. The minimum Gasteiger partial charge on any atom is -0.369 e. The third-order valence-electron chi connectivity index (χ3n) is 2.54. The molecule has 3 nitrogen and oxygen atoms in total. The van der Waals surface area contributed by atoms with Crippen LogP contribution >= 0.6 is 0 Å². The van der Waals surface area contributed by atoms with Crippen LogP contribution in [0.4, 0.5) is 19.1 Å². The lowest BCUT2D eigenvalue weighted by molar-refractivity contribution is -0.137. The molecule has 0 amide bonds. The van der Waals surface area contributed by atoms with Crippen LogP contribution < -0.4 is 5.73 Å². The van der Waals surface area contributed by atoms with Gasteiger partial charge in [-0.25, -0.2) is 4.98 Å². The highest BCUT2D eigenvalue weighted by Gasteiger charge is 2.30. The normalized spacial score (nSPS) is 11.8. The first-order chi connectivity index (χ1) is 8.36. The van der Waals surface area contributed by atoms with E-state index >= 15 is 0 Å². The van der Waals surface area contributed by atoms with E-state index in [1.165, 1.54) is 6.07 Å². The number of hydrogen-bond acceptors (Lipinski definition) is 2. The minimum atomic E-state index is -4.33. The van der Waals surface area contributed by atoms with Crippen LogP contribution in [0.15, 0.2) is 30.5 Å². The third kappa shape index (κ3) is 2.64. The second kappa shape index (κ2) is 4.36. The minimum absolute atomic E-state index is 0.274. The Kier molecular flexibility index (Phi) is 3.02. The van der Waals surface area contributed by atoms with Gasteiger partial charge in [0.05, 0.1) is 17.8 Å². The Labute approximate surface area is 102 Å². The van der Waals surface area contributed by atoms with Gasteiger partial charge >= 0.3 is 6.18 Å². The van der Waals surface area contributed by atoms with Gasteiger partial charge in [0.25, 0.3) is 0 Å². The topological polar surface area (TPSA) is 43.8 Å². The van der Waals surface area contributed by atoms with E-state index in [2.05, 4.69) is 4.98 Å². The monoisotopic (exact) mass is 255 g/mol. The van der Waals surface area contributed by atoms with Gasteiger partial charge in [-0.2, -0.15) is 13.2 Å². The number of hydrogen-bond donors (Lipinski definition) is 1. The molecule has 0 aliphatic carbocycles. The maximum atomic E-state index is 12.5. The van der Waals surface area contributed by atoms with Gasteiger partial charge in [0.15, 0.2) is 0 Å². The van der Waals surface area contributed by atoms with Crippen LogP contribution in [0, 0.1) is 6.92 Å². The molecule has 0 aliphatic heterocycles. The molecule has 1 aromatic heterocycles. The molecule has 2 rings (SSSR count). The molecule has 18 heavy (non-hydrogen) atoms. The van der Waals surface area contributed by atoms with Gasteiger partial charge < -0.3 is 10.3 Å². The van der Waals surface area contributed by atoms with Crippen LogP contribution in [-0.4, -0.2) is 9.55 Å². The van der Waals surface area contributed by atoms with Gasteiger partial charge in [-0.3, -0.25) is 0 Å². The first-order valence-corrected chi connectivity index (χ1v) is 5.31. The Hall–Kier alpha value is -1.98. The third-order valence-corrected chi connectivity index (χ3v) is 2.54. The molecule has 2 N–H and O–H groups in total. The summed E-state index contributed by atoms with van der Waals surface area (Å²) in [5, 5.41) is 0. The summed E-state index contributed by atoms with van der Waals surface area (Å²) in [4.78, 5) is 4.00. The molecule has 0 atom stereocenters. The summed E-state index contributed by atoms with van der Waals surface area (Å²) in [5.41, 5.74) is 6.26. The number of aryl methyl sites for hydroxylation is 1. The summed E-state index contributed by atoms with van der Waals surface area (Å²) in [7, 11) is 0. The van der Waals surface area contributed by atoms with Crippen molar-refractivity contribution in [1.82, 2.24) is 9.55 Å². The van der Waals surface area contributed by atoms with E-state index in [-0.39, 0.29) is 6.54 Å². The Bertz CT molecular complexity index is 558. The van der Waals surface area contributed by atoms with Crippen LogP contribution in [0.1, 0.15) is 16.8 Å². The highest BCUT2D eigenvalue weighted by molar-refractivity contribution is 5.28. The smallest absolute Gasteiger partial charge is 0.369 e. The molecule has 6 heteroatoms. The van der Waals surface area contributed by atoms with E-state index < -0.39 is 11.7 Å². The van der Waals surface area contributed by atoms with Crippen molar-refractivity contribution in [1.29, 1.82) is 0 Å². The maximum Gasteiger partial charge on any atom is 0.416 e. The van der Waals surface area contributed by atoms with Gasteiger partial charge in [-0.15, -0.1) is 0 Å². The number of rotatable bonds is 2. The average molecular weight is 255 g/mol. The van der Waals surface area contributed by atoms with Crippen LogP contribution in [0.2, 0.25) is 0 Å². The van der Waals surface area contributed by atoms with Crippen molar-refractivity contribution in [2.24, 2.45) is 0 Å². The van der Waals surface area contributed by atoms with Gasteiger partial charge in [0, 0.05) is 6.20 Å². The van der Waals surface area contributed by atoms with Crippen molar-refractivity contribution in [3.8, 4) is 0 Å². The zero-order valence-corrected chi connectivity index (χ0v) is 9.70. The van der Waals surface area contributed by atoms with E-state index in [1.807, 2.05) is 0 Å². The fourth-order valence-corrected chi connectivity index (χ4v) is 1.73. The van der Waals surface area contributed by atoms with Crippen LogP contribution in [0.25, 0.3) is 0 Å². The number of anilines is 1. The average Bonchev–Trinajstić information content (AvgIpc) is 2.56. The Morgan fingerprint density at radius 1 is 1.33 bits per heavy atom. The fraction of sp³-hybridized carbons (Fsp3) is 0.250. The van der Waals surface area contributed by atoms with Crippen LogP contribution in [0.5, 0.6) is 0 Å². The fourth-order valence-electron chi connectivity index (χ4n) is 1.73. The molecule has 1 heterocycles. The Balaban J connectivity index is 2.27. The lowest BCUT2D eigenvalue weighted by Crippen LogP contribution is -2.07. The Morgan fingerprint density at radius 3 is 2.61 bits per heavy atom. The second-order valence-electron chi connectivity index (χ2n) is 4.07. The molecule has 0 bridgehead atoms. The standard InChI is InChI=1S/C12H12F3N3/c1-8-6-18(11(16)17-8)7-9-3-2-4-10(5-9)12(13,14)15/h2-6H,7H2,1H3,(H2,16,17). The summed E-state index contributed by atoms with van der Waals surface area (Å²) in [6.07, 6.45) is -2.62. The zero-order chi connectivity index (χ0) is 13.3. The lowest BCUT2D eigenvalue weighted by atomic mass is 10.1. The van der Waals surface area contributed by atoms with Crippen molar-refractivity contribution in [2.75, 3.05) is 5.73 Å². The molecule has 0 spiro atoms. The summed E-state index contributed by atoms with van der Waals surface area (Å²) in [5.74, 6) is 0.296. The lowest BCUT2D eigenvalue weighted by Gasteiger charge is -2.09. The van der Waals surface area contributed by atoms with Gasteiger partial charge in [-0.05, 0) is 24.6 Å². The first-order valence-electron chi connectivity index (χ1n) is 5.31. The van der Waals surface area contributed by atoms with Gasteiger partial charge in [0.1, 0.15) is 0 Å². The van der Waals surface area contributed by atoms with E-state index in [0.29, 0.717) is 11.5 Å². The second-order valence-corrected chi connectivity index (χ2v) is 4.07. The first kappa shape index (κ1) is 12.5. The predicted octanol–water partition coefficient (Wildman–Crippen LogP) is 2.84. The molecule has 0 unspecified atom stereocenters. The molecule has 1 aromatic carbocycles.